The zero-order chi connectivity index (χ0) is 11.4. The highest BCUT2D eigenvalue weighted by Gasteiger charge is 2.34. The fraction of sp³-hybridized carbons (Fsp3) is 0.500. The molecule has 0 spiro atoms. The van der Waals surface area contributed by atoms with Gasteiger partial charge in [0.15, 0.2) is 0 Å². The van der Waals surface area contributed by atoms with Crippen LogP contribution in [0.25, 0.3) is 0 Å². The van der Waals surface area contributed by atoms with E-state index in [-0.39, 0.29) is 11.4 Å². The van der Waals surface area contributed by atoms with Gasteiger partial charge in [0.25, 0.3) is 5.91 Å². The van der Waals surface area contributed by atoms with Crippen LogP contribution < -0.4 is 11.1 Å². The molecular formula is C12H17N3O. The van der Waals surface area contributed by atoms with Crippen molar-refractivity contribution < 1.29 is 4.79 Å². The van der Waals surface area contributed by atoms with Crippen LogP contribution in [-0.2, 0) is 0 Å². The molecule has 0 aromatic carbocycles. The first-order valence-electron chi connectivity index (χ1n) is 5.69. The molecule has 0 atom stereocenters. The van der Waals surface area contributed by atoms with Crippen molar-refractivity contribution in [3.8, 4) is 0 Å². The molecule has 16 heavy (non-hydrogen) atoms. The number of nitrogens with two attached hydrogens (primary N) is 1. The predicted octanol–water partition coefficient (Wildman–Crippen LogP) is 1.08. The highest BCUT2D eigenvalue weighted by molar-refractivity contribution is 5.92. The fourth-order valence-corrected chi connectivity index (χ4v) is 2.23. The lowest BCUT2D eigenvalue weighted by atomic mass is 9.97. The van der Waals surface area contributed by atoms with Crippen molar-refractivity contribution in [2.75, 3.05) is 6.54 Å². The zero-order valence-electron chi connectivity index (χ0n) is 9.28. The molecule has 0 aliphatic heterocycles. The molecule has 1 saturated carbocycles. The van der Waals surface area contributed by atoms with Gasteiger partial charge in [-0.3, -0.25) is 9.78 Å². The lowest BCUT2D eigenvalue weighted by Crippen LogP contribution is -2.51. The van der Waals surface area contributed by atoms with Gasteiger partial charge in [-0.15, -0.1) is 0 Å². The Hall–Kier alpha value is -1.42. The Bertz CT molecular complexity index is 358. The minimum Gasteiger partial charge on any atom is -0.344 e. The Balaban J connectivity index is 2.07. The summed E-state index contributed by atoms with van der Waals surface area (Å²) in [5.41, 5.74) is 6.02. The number of carbonyl (C=O) groups excluding carboxylic acids is 1. The van der Waals surface area contributed by atoms with Crippen molar-refractivity contribution in [3.05, 3.63) is 30.1 Å². The van der Waals surface area contributed by atoms with Gasteiger partial charge < -0.3 is 11.1 Å². The third-order valence-electron chi connectivity index (χ3n) is 3.23. The van der Waals surface area contributed by atoms with E-state index in [4.69, 9.17) is 5.73 Å². The van der Waals surface area contributed by atoms with Crippen LogP contribution in [0.3, 0.4) is 0 Å². The highest BCUT2D eigenvalue weighted by Crippen LogP contribution is 2.28. The smallest absolute Gasteiger partial charge is 0.270 e. The van der Waals surface area contributed by atoms with Crippen LogP contribution in [0.1, 0.15) is 36.2 Å². The van der Waals surface area contributed by atoms with Gasteiger partial charge >= 0.3 is 0 Å². The minimum atomic E-state index is -0.200. The van der Waals surface area contributed by atoms with Crippen molar-refractivity contribution in [2.45, 2.75) is 31.2 Å². The summed E-state index contributed by atoms with van der Waals surface area (Å²) in [6, 6.07) is 5.32. The van der Waals surface area contributed by atoms with E-state index in [0.717, 1.165) is 25.7 Å². The lowest BCUT2D eigenvalue weighted by molar-refractivity contribution is 0.0898. The normalized spacial score (nSPS) is 18.3. The molecule has 1 aromatic heterocycles. The number of hydrogen-bond acceptors (Lipinski definition) is 3. The van der Waals surface area contributed by atoms with Gasteiger partial charge in [0.1, 0.15) is 5.69 Å². The monoisotopic (exact) mass is 219 g/mol. The number of nitrogens with one attached hydrogen (secondary N) is 1. The Kier molecular flexibility index (Phi) is 3.19. The molecule has 4 nitrogen and oxygen atoms in total. The zero-order valence-corrected chi connectivity index (χ0v) is 9.28. The third-order valence-corrected chi connectivity index (χ3v) is 3.23. The summed E-state index contributed by atoms with van der Waals surface area (Å²) in [6.45, 7) is 0.506. The van der Waals surface area contributed by atoms with Gasteiger partial charge in [-0.2, -0.15) is 0 Å². The van der Waals surface area contributed by atoms with Crippen LogP contribution in [0.15, 0.2) is 24.4 Å². The van der Waals surface area contributed by atoms with Crippen LogP contribution in [0, 0.1) is 0 Å². The molecule has 0 bridgehead atoms. The van der Waals surface area contributed by atoms with Crippen LogP contribution in [-0.4, -0.2) is 23.0 Å². The molecule has 0 saturated heterocycles. The van der Waals surface area contributed by atoms with Gasteiger partial charge in [0.05, 0.1) is 5.54 Å². The number of pyridine rings is 1. The Labute approximate surface area is 95.3 Å². The van der Waals surface area contributed by atoms with Gasteiger partial charge in [-0.25, -0.2) is 0 Å². The number of amides is 1. The number of rotatable bonds is 3. The van der Waals surface area contributed by atoms with Gasteiger partial charge in [-0.1, -0.05) is 18.9 Å². The largest absolute Gasteiger partial charge is 0.344 e. The summed E-state index contributed by atoms with van der Waals surface area (Å²) in [7, 11) is 0. The van der Waals surface area contributed by atoms with Gasteiger partial charge in [-0.05, 0) is 25.0 Å². The van der Waals surface area contributed by atoms with Crippen molar-refractivity contribution in [1.82, 2.24) is 10.3 Å². The Morgan fingerprint density at radius 1 is 1.44 bits per heavy atom. The van der Waals surface area contributed by atoms with E-state index in [1.165, 1.54) is 0 Å². The average Bonchev–Trinajstić information content (AvgIpc) is 2.79. The summed E-state index contributed by atoms with van der Waals surface area (Å²) in [5.74, 6) is -0.118. The average molecular weight is 219 g/mol. The molecule has 1 aliphatic carbocycles. The molecule has 1 heterocycles. The first-order chi connectivity index (χ1) is 7.76. The van der Waals surface area contributed by atoms with E-state index in [9.17, 15) is 4.79 Å². The van der Waals surface area contributed by atoms with E-state index >= 15 is 0 Å². The first-order valence-corrected chi connectivity index (χ1v) is 5.69. The van der Waals surface area contributed by atoms with Crippen LogP contribution in [0.4, 0.5) is 0 Å². The molecule has 1 aromatic rings. The van der Waals surface area contributed by atoms with Crippen molar-refractivity contribution in [2.24, 2.45) is 5.73 Å². The molecule has 3 N–H and O–H groups in total. The second-order valence-electron chi connectivity index (χ2n) is 4.36. The van der Waals surface area contributed by atoms with E-state index in [2.05, 4.69) is 10.3 Å². The van der Waals surface area contributed by atoms with E-state index < -0.39 is 0 Å². The second kappa shape index (κ2) is 4.61. The molecule has 1 amide bonds. The molecule has 86 valence electrons. The van der Waals surface area contributed by atoms with Crippen molar-refractivity contribution in [1.29, 1.82) is 0 Å². The molecule has 1 aliphatic rings. The maximum atomic E-state index is 11.9. The number of aromatic nitrogens is 1. The topological polar surface area (TPSA) is 68.0 Å². The standard InChI is InChI=1S/C12H17N3O/c13-9-12(6-2-3-7-12)15-11(16)10-5-1-4-8-14-10/h1,4-5,8H,2-3,6-7,9,13H2,(H,15,16). The summed E-state index contributed by atoms with van der Waals surface area (Å²) in [5, 5.41) is 3.03. The molecular weight excluding hydrogens is 202 g/mol. The lowest BCUT2D eigenvalue weighted by Gasteiger charge is -2.28. The minimum absolute atomic E-state index is 0.118. The molecule has 4 heteroatoms. The predicted molar refractivity (Wildman–Crippen MR) is 62.0 cm³/mol. The number of hydrogen-bond donors (Lipinski definition) is 2. The molecule has 1 fully saturated rings. The van der Waals surface area contributed by atoms with E-state index in [1.54, 1.807) is 18.3 Å². The summed E-state index contributed by atoms with van der Waals surface area (Å²) < 4.78 is 0. The van der Waals surface area contributed by atoms with Crippen molar-refractivity contribution >= 4 is 5.91 Å². The summed E-state index contributed by atoms with van der Waals surface area (Å²) in [4.78, 5) is 16.0. The van der Waals surface area contributed by atoms with Crippen LogP contribution in [0.5, 0.6) is 0 Å². The second-order valence-corrected chi connectivity index (χ2v) is 4.36. The quantitative estimate of drug-likeness (QED) is 0.799. The maximum Gasteiger partial charge on any atom is 0.270 e. The third kappa shape index (κ3) is 2.22. The van der Waals surface area contributed by atoms with Gasteiger partial charge in [0, 0.05) is 12.7 Å². The van der Waals surface area contributed by atoms with Gasteiger partial charge in [0.2, 0.25) is 0 Å². The number of nitrogens with zero attached hydrogens (tertiary/aromatic N) is 1. The highest BCUT2D eigenvalue weighted by atomic mass is 16.2. The number of carbonyl (C=O) groups is 1. The van der Waals surface area contributed by atoms with Crippen LogP contribution in [0.2, 0.25) is 0 Å². The fourth-order valence-electron chi connectivity index (χ4n) is 2.23. The first kappa shape index (κ1) is 11.1. The van der Waals surface area contributed by atoms with E-state index in [0.29, 0.717) is 12.2 Å². The Morgan fingerprint density at radius 3 is 2.75 bits per heavy atom. The summed E-state index contributed by atoms with van der Waals surface area (Å²) >= 11 is 0. The Morgan fingerprint density at radius 2 is 2.19 bits per heavy atom. The molecule has 0 unspecified atom stereocenters. The van der Waals surface area contributed by atoms with Crippen molar-refractivity contribution in [3.63, 3.8) is 0 Å². The summed E-state index contributed by atoms with van der Waals surface area (Å²) in [6.07, 6.45) is 5.85. The molecule has 0 radical (unpaired) electrons. The SMILES string of the molecule is NCC1(NC(=O)c2ccccn2)CCCC1. The maximum absolute atomic E-state index is 11.9. The van der Waals surface area contributed by atoms with Crippen LogP contribution >= 0.6 is 0 Å². The molecule has 2 rings (SSSR count). The van der Waals surface area contributed by atoms with E-state index in [1.807, 2.05) is 6.07 Å².